The van der Waals surface area contributed by atoms with E-state index in [2.05, 4.69) is 33.0 Å². The molecule has 0 amide bonds. The average molecular weight is 371 g/mol. The Kier molecular flexibility index (Phi) is 5.50. The largest absolute Gasteiger partial charge is 0.365 e. The van der Waals surface area contributed by atoms with Crippen molar-refractivity contribution in [3.63, 3.8) is 0 Å². The van der Waals surface area contributed by atoms with Crippen LogP contribution in [-0.2, 0) is 0 Å². The minimum absolute atomic E-state index is 0.715. The van der Waals surface area contributed by atoms with Crippen LogP contribution >= 0.6 is 27.5 Å². The van der Waals surface area contributed by atoms with Crippen LogP contribution in [0, 0.1) is 0 Å². The van der Waals surface area contributed by atoms with E-state index in [1.165, 1.54) is 69.9 Å². The molecule has 3 heteroatoms. The number of hydrogen-bond acceptors (Lipinski definition) is 1. The third kappa shape index (κ3) is 3.96. The van der Waals surface area contributed by atoms with Crippen molar-refractivity contribution in [3.05, 3.63) is 27.7 Å². The maximum absolute atomic E-state index is 6.32. The van der Waals surface area contributed by atoms with Crippen LogP contribution < -0.4 is 4.90 Å². The van der Waals surface area contributed by atoms with Gasteiger partial charge in [-0.1, -0.05) is 66.1 Å². The van der Waals surface area contributed by atoms with Gasteiger partial charge in [-0.15, -0.1) is 0 Å². The van der Waals surface area contributed by atoms with Gasteiger partial charge in [0, 0.05) is 27.3 Å². The third-order valence-electron chi connectivity index (χ3n) is 5.08. The fourth-order valence-corrected chi connectivity index (χ4v) is 4.97. The Morgan fingerprint density at radius 1 is 0.810 bits per heavy atom. The Bertz CT molecular complexity index is 426. The summed E-state index contributed by atoms with van der Waals surface area (Å²) in [6, 6.07) is 7.84. The molecule has 0 spiro atoms. The maximum atomic E-state index is 6.32. The number of halogens is 2. The quantitative estimate of drug-likeness (QED) is 0.581. The molecular formula is C18H25BrClN. The molecule has 0 bridgehead atoms. The summed E-state index contributed by atoms with van der Waals surface area (Å²) in [6.45, 7) is 0. The van der Waals surface area contributed by atoms with E-state index in [1.807, 2.05) is 6.07 Å². The SMILES string of the molecule is Clc1cc(Br)cc(N(C2CCCCC2)C2CCCCC2)c1. The van der Waals surface area contributed by atoms with Crippen LogP contribution in [0.3, 0.4) is 0 Å². The summed E-state index contributed by atoms with van der Waals surface area (Å²) in [4.78, 5) is 2.73. The van der Waals surface area contributed by atoms with E-state index in [4.69, 9.17) is 11.6 Å². The standard InChI is InChI=1S/C18H25BrClN/c19-14-11-15(20)13-18(12-14)21(16-7-3-1-4-8-16)17-9-5-2-6-10-17/h11-13,16-17H,1-10H2. The molecular weight excluding hydrogens is 346 g/mol. The molecule has 1 aromatic carbocycles. The van der Waals surface area contributed by atoms with Gasteiger partial charge in [0.05, 0.1) is 0 Å². The number of rotatable bonds is 3. The summed E-state index contributed by atoms with van der Waals surface area (Å²) in [5, 5.41) is 0.844. The molecule has 2 saturated carbocycles. The number of hydrogen-bond donors (Lipinski definition) is 0. The zero-order valence-electron chi connectivity index (χ0n) is 12.7. The van der Waals surface area contributed by atoms with Gasteiger partial charge in [-0.25, -0.2) is 0 Å². The molecule has 0 atom stereocenters. The van der Waals surface area contributed by atoms with Gasteiger partial charge in [0.2, 0.25) is 0 Å². The van der Waals surface area contributed by atoms with Crippen molar-refractivity contribution in [1.82, 2.24) is 0 Å². The van der Waals surface area contributed by atoms with Gasteiger partial charge in [0.1, 0.15) is 0 Å². The highest BCUT2D eigenvalue weighted by Gasteiger charge is 2.29. The summed E-state index contributed by atoms with van der Waals surface area (Å²) < 4.78 is 1.10. The minimum atomic E-state index is 0.715. The third-order valence-corrected chi connectivity index (χ3v) is 5.76. The molecule has 0 radical (unpaired) electrons. The van der Waals surface area contributed by atoms with Crippen molar-refractivity contribution in [2.45, 2.75) is 76.3 Å². The molecule has 0 N–H and O–H groups in total. The van der Waals surface area contributed by atoms with Crippen LogP contribution in [-0.4, -0.2) is 12.1 Å². The van der Waals surface area contributed by atoms with Crippen molar-refractivity contribution < 1.29 is 0 Å². The molecule has 0 saturated heterocycles. The smallest absolute Gasteiger partial charge is 0.0437 e. The van der Waals surface area contributed by atoms with Gasteiger partial charge in [-0.05, 0) is 43.9 Å². The van der Waals surface area contributed by atoms with E-state index in [-0.39, 0.29) is 0 Å². The Labute approximate surface area is 142 Å². The molecule has 2 aliphatic rings. The molecule has 2 fully saturated rings. The number of nitrogens with zero attached hydrogens (tertiary/aromatic N) is 1. The predicted molar refractivity (Wildman–Crippen MR) is 95.4 cm³/mol. The molecule has 0 heterocycles. The van der Waals surface area contributed by atoms with Crippen molar-refractivity contribution in [2.75, 3.05) is 4.90 Å². The second-order valence-corrected chi connectivity index (χ2v) is 7.97. The van der Waals surface area contributed by atoms with E-state index < -0.39 is 0 Å². The summed E-state index contributed by atoms with van der Waals surface area (Å²) in [6.07, 6.45) is 13.8. The average Bonchev–Trinajstić information content (AvgIpc) is 2.49. The van der Waals surface area contributed by atoms with Crippen LogP contribution in [0.5, 0.6) is 0 Å². The number of benzene rings is 1. The van der Waals surface area contributed by atoms with Crippen molar-refractivity contribution in [3.8, 4) is 0 Å². The first-order valence-electron chi connectivity index (χ1n) is 8.48. The van der Waals surface area contributed by atoms with E-state index in [9.17, 15) is 0 Å². The first-order valence-corrected chi connectivity index (χ1v) is 9.65. The van der Waals surface area contributed by atoms with Crippen LogP contribution in [0.1, 0.15) is 64.2 Å². The molecule has 0 unspecified atom stereocenters. The molecule has 1 nitrogen and oxygen atoms in total. The zero-order valence-corrected chi connectivity index (χ0v) is 15.0. The summed E-state index contributed by atoms with van der Waals surface area (Å²) in [7, 11) is 0. The van der Waals surface area contributed by atoms with Crippen molar-refractivity contribution in [2.24, 2.45) is 0 Å². The Morgan fingerprint density at radius 2 is 1.33 bits per heavy atom. The summed E-state index contributed by atoms with van der Waals surface area (Å²) in [5.74, 6) is 0. The van der Waals surface area contributed by atoms with Crippen molar-refractivity contribution >= 4 is 33.2 Å². The first-order chi connectivity index (χ1) is 10.2. The van der Waals surface area contributed by atoms with Gasteiger partial charge >= 0.3 is 0 Å². The zero-order chi connectivity index (χ0) is 14.7. The van der Waals surface area contributed by atoms with Crippen molar-refractivity contribution in [1.29, 1.82) is 0 Å². The first kappa shape index (κ1) is 15.7. The molecule has 2 aliphatic carbocycles. The molecule has 1 aromatic rings. The van der Waals surface area contributed by atoms with E-state index in [1.54, 1.807) is 0 Å². The molecule has 0 aromatic heterocycles. The van der Waals surface area contributed by atoms with E-state index in [0.29, 0.717) is 12.1 Å². The second kappa shape index (κ2) is 7.37. The summed E-state index contributed by atoms with van der Waals surface area (Å²) >= 11 is 9.93. The van der Waals surface area contributed by atoms with Crippen LogP contribution in [0.15, 0.2) is 22.7 Å². The lowest BCUT2D eigenvalue weighted by atomic mass is 9.88. The molecule has 3 rings (SSSR count). The number of anilines is 1. The topological polar surface area (TPSA) is 3.24 Å². The van der Waals surface area contributed by atoms with E-state index >= 15 is 0 Å². The minimum Gasteiger partial charge on any atom is -0.365 e. The molecule has 0 aliphatic heterocycles. The van der Waals surface area contributed by atoms with Gasteiger partial charge in [0.25, 0.3) is 0 Å². The lowest BCUT2D eigenvalue weighted by Crippen LogP contribution is -2.45. The summed E-state index contributed by atoms with van der Waals surface area (Å²) in [5.41, 5.74) is 1.33. The molecule has 116 valence electrons. The lowest BCUT2D eigenvalue weighted by molar-refractivity contribution is 0.340. The highest BCUT2D eigenvalue weighted by molar-refractivity contribution is 9.10. The predicted octanol–water partition coefficient (Wildman–Crippen LogP) is 6.57. The second-order valence-electron chi connectivity index (χ2n) is 6.62. The van der Waals surface area contributed by atoms with Crippen LogP contribution in [0.25, 0.3) is 0 Å². The van der Waals surface area contributed by atoms with Crippen LogP contribution in [0.2, 0.25) is 5.02 Å². The van der Waals surface area contributed by atoms with E-state index in [0.717, 1.165) is 9.50 Å². The van der Waals surface area contributed by atoms with Gasteiger partial charge in [0.15, 0.2) is 0 Å². The lowest BCUT2D eigenvalue weighted by Gasteiger charge is -2.43. The van der Waals surface area contributed by atoms with Gasteiger partial charge < -0.3 is 4.90 Å². The Balaban J connectivity index is 1.89. The molecule has 21 heavy (non-hydrogen) atoms. The monoisotopic (exact) mass is 369 g/mol. The van der Waals surface area contributed by atoms with Gasteiger partial charge in [-0.2, -0.15) is 0 Å². The Hall–Kier alpha value is -0.210. The van der Waals surface area contributed by atoms with Crippen LogP contribution in [0.4, 0.5) is 5.69 Å². The highest BCUT2D eigenvalue weighted by Crippen LogP contribution is 2.36. The van der Waals surface area contributed by atoms with Gasteiger partial charge in [-0.3, -0.25) is 0 Å². The normalized spacial score (nSPS) is 21.4. The fraction of sp³-hybridized carbons (Fsp3) is 0.667. The highest BCUT2D eigenvalue weighted by atomic mass is 79.9. The maximum Gasteiger partial charge on any atom is 0.0437 e. The fourth-order valence-electron chi connectivity index (χ4n) is 4.13. The Morgan fingerprint density at radius 3 is 1.81 bits per heavy atom.